The van der Waals surface area contributed by atoms with E-state index in [-0.39, 0.29) is 11.2 Å². The number of rotatable bonds is 7. The number of para-hydroxylation sites is 1. The molecule has 2 aromatic carbocycles. The van der Waals surface area contributed by atoms with E-state index in [1.165, 1.54) is 30.2 Å². The molecule has 1 fully saturated rings. The lowest BCUT2D eigenvalue weighted by molar-refractivity contribution is -0.117. The van der Waals surface area contributed by atoms with Crippen LogP contribution in [0.1, 0.15) is 37.1 Å². The summed E-state index contributed by atoms with van der Waals surface area (Å²) >= 11 is 1.48. The number of anilines is 1. The third kappa shape index (κ3) is 4.12. The van der Waals surface area contributed by atoms with Crippen LogP contribution < -0.4 is 4.90 Å². The SMILES string of the molecule is C[C@@H](Sc1nnc(C2CC2)n1Cc1ccccc1)C(=O)N(C)c1ccccc1. The highest BCUT2D eigenvalue weighted by atomic mass is 32.2. The van der Waals surface area contributed by atoms with Crippen molar-refractivity contribution in [3.63, 3.8) is 0 Å². The Balaban J connectivity index is 1.53. The van der Waals surface area contributed by atoms with Crippen LogP contribution in [0.4, 0.5) is 5.69 Å². The zero-order valence-corrected chi connectivity index (χ0v) is 17.0. The van der Waals surface area contributed by atoms with Crippen molar-refractivity contribution in [1.82, 2.24) is 14.8 Å². The molecule has 1 aromatic heterocycles. The van der Waals surface area contributed by atoms with Gasteiger partial charge in [0.05, 0.1) is 11.8 Å². The normalized spacial score (nSPS) is 14.6. The van der Waals surface area contributed by atoms with Gasteiger partial charge in [-0.25, -0.2) is 0 Å². The first-order valence-electron chi connectivity index (χ1n) is 9.60. The van der Waals surface area contributed by atoms with Crippen LogP contribution in [0.5, 0.6) is 0 Å². The van der Waals surface area contributed by atoms with E-state index in [0.717, 1.165) is 23.2 Å². The van der Waals surface area contributed by atoms with Gasteiger partial charge in [-0.05, 0) is 37.5 Å². The number of benzene rings is 2. The Hall–Kier alpha value is -2.60. The van der Waals surface area contributed by atoms with Gasteiger partial charge in [0, 0.05) is 18.7 Å². The molecular formula is C22H24N4OS. The van der Waals surface area contributed by atoms with Gasteiger partial charge >= 0.3 is 0 Å². The van der Waals surface area contributed by atoms with Crippen LogP contribution in [0.2, 0.25) is 0 Å². The second kappa shape index (κ2) is 8.19. The van der Waals surface area contributed by atoms with E-state index in [4.69, 9.17) is 0 Å². The molecule has 3 aromatic rings. The summed E-state index contributed by atoms with van der Waals surface area (Å²) in [6.07, 6.45) is 2.34. The molecule has 144 valence electrons. The summed E-state index contributed by atoms with van der Waals surface area (Å²) in [5.41, 5.74) is 2.11. The van der Waals surface area contributed by atoms with Gasteiger partial charge in [0.1, 0.15) is 5.82 Å². The molecule has 1 aliphatic carbocycles. The minimum atomic E-state index is -0.254. The lowest BCUT2D eigenvalue weighted by atomic mass is 10.2. The molecule has 1 heterocycles. The summed E-state index contributed by atoms with van der Waals surface area (Å²) in [6.45, 7) is 2.67. The van der Waals surface area contributed by atoms with Crippen molar-refractivity contribution < 1.29 is 4.79 Å². The van der Waals surface area contributed by atoms with E-state index in [1.54, 1.807) is 4.90 Å². The molecule has 28 heavy (non-hydrogen) atoms. The minimum absolute atomic E-state index is 0.0541. The van der Waals surface area contributed by atoms with Crippen molar-refractivity contribution >= 4 is 23.4 Å². The maximum absolute atomic E-state index is 12.9. The zero-order valence-electron chi connectivity index (χ0n) is 16.2. The second-order valence-electron chi connectivity index (χ2n) is 7.18. The molecule has 0 saturated heterocycles. The molecule has 1 amide bonds. The quantitative estimate of drug-likeness (QED) is 0.561. The standard InChI is InChI=1S/C22H24N4OS/c1-16(21(27)25(2)19-11-7-4-8-12-19)28-22-24-23-20(18-13-14-18)26(22)15-17-9-5-3-6-10-17/h3-12,16,18H,13-15H2,1-2H3/t16-/m1/s1. The van der Waals surface area contributed by atoms with E-state index in [0.29, 0.717) is 5.92 Å². The topological polar surface area (TPSA) is 51.0 Å². The van der Waals surface area contributed by atoms with Crippen molar-refractivity contribution in [3.05, 3.63) is 72.1 Å². The van der Waals surface area contributed by atoms with Crippen LogP contribution >= 0.6 is 11.8 Å². The second-order valence-corrected chi connectivity index (χ2v) is 8.49. The molecule has 6 heteroatoms. The molecule has 1 saturated carbocycles. The number of amides is 1. The Bertz CT molecular complexity index is 938. The highest BCUT2D eigenvalue weighted by molar-refractivity contribution is 8.00. The maximum atomic E-state index is 12.9. The Kier molecular flexibility index (Phi) is 5.48. The van der Waals surface area contributed by atoms with Crippen molar-refractivity contribution in [2.45, 2.75) is 42.6 Å². The Morgan fingerprint density at radius 1 is 1.11 bits per heavy atom. The lowest BCUT2D eigenvalue weighted by Gasteiger charge is -2.21. The zero-order chi connectivity index (χ0) is 19.5. The minimum Gasteiger partial charge on any atom is -0.315 e. The molecule has 1 aliphatic rings. The van der Waals surface area contributed by atoms with E-state index < -0.39 is 0 Å². The Morgan fingerprint density at radius 2 is 1.75 bits per heavy atom. The summed E-state index contributed by atoms with van der Waals surface area (Å²) < 4.78 is 2.18. The average molecular weight is 393 g/mol. The number of hydrogen-bond acceptors (Lipinski definition) is 4. The molecule has 0 N–H and O–H groups in total. The van der Waals surface area contributed by atoms with Gasteiger partial charge in [0.15, 0.2) is 5.16 Å². The number of carbonyl (C=O) groups is 1. The van der Waals surface area contributed by atoms with Crippen LogP contribution in [-0.4, -0.2) is 33.0 Å². The maximum Gasteiger partial charge on any atom is 0.240 e. The van der Waals surface area contributed by atoms with Gasteiger partial charge in [-0.3, -0.25) is 4.79 Å². The van der Waals surface area contributed by atoms with Crippen LogP contribution in [0.25, 0.3) is 0 Å². The van der Waals surface area contributed by atoms with E-state index in [9.17, 15) is 4.79 Å². The van der Waals surface area contributed by atoms with Crippen molar-refractivity contribution in [1.29, 1.82) is 0 Å². The van der Waals surface area contributed by atoms with E-state index in [1.807, 2.05) is 62.5 Å². The first-order valence-corrected chi connectivity index (χ1v) is 10.5. The van der Waals surface area contributed by atoms with Gasteiger partial charge in [-0.1, -0.05) is 60.3 Å². The van der Waals surface area contributed by atoms with Crippen LogP contribution in [0.3, 0.4) is 0 Å². The average Bonchev–Trinajstić information content (AvgIpc) is 3.51. The fourth-order valence-electron chi connectivity index (χ4n) is 3.21. The number of aromatic nitrogens is 3. The third-order valence-electron chi connectivity index (χ3n) is 4.98. The first-order chi connectivity index (χ1) is 13.6. The molecule has 0 radical (unpaired) electrons. The number of hydrogen-bond donors (Lipinski definition) is 0. The molecular weight excluding hydrogens is 368 g/mol. The number of nitrogens with zero attached hydrogens (tertiary/aromatic N) is 4. The van der Waals surface area contributed by atoms with E-state index in [2.05, 4.69) is 26.9 Å². The van der Waals surface area contributed by atoms with Crippen LogP contribution in [-0.2, 0) is 11.3 Å². The van der Waals surface area contributed by atoms with Crippen molar-refractivity contribution in [3.8, 4) is 0 Å². The molecule has 0 aliphatic heterocycles. The molecule has 0 spiro atoms. The highest BCUT2D eigenvalue weighted by Crippen LogP contribution is 2.40. The van der Waals surface area contributed by atoms with Crippen LogP contribution in [0, 0.1) is 0 Å². The number of carbonyl (C=O) groups excluding carboxylic acids is 1. The highest BCUT2D eigenvalue weighted by Gasteiger charge is 2.31. The van der Waals surface area contributed by atoms with Gasteiger partial charge < -0.3 is 9.47 Å². The Labute approximate surface area is 169 Å². The summed E-state index contributed by atoms with van der Waals surface area (Å²) in [6, 6.07) is 20.1. The summed E-state index contributed by atoms with van der Waals surface area (Å²) in [5, 5.41) is 9.45. The largest absolute Gasteiger partial charge is 0.315 e. The summed E-state index contributed by atoms with van der Waals surface area (Å²) in [7, 11) is 1.82. The van der Waals surface area contributed by atoms with Gasteiger partial charge in [-0.2, -0.15) is 0 Å². The van der Waals surface area contributed by atoms with Crippen molar-refractivity contribution in [2.75, 3.05) is 11.9 Å². The molecule has 5 nitrogen and oxygen atoms in total. The molecule has 4 rings (SSSR count). The molecule has 0 bridgehead atoms. The fraction of sp³-hybridized carbons (Fsp3) is 0.318. The number of thioether (sulfide) groups is 1. The molecule has 1 atom stereocenters. The first kappa shape index (κ1) is 18.7. The van der Waals surface area contributed by atoms with Gasteiger partial charge in [-0.15, -0.1) is 10.2 Å². The summed E-state index contributed by atoms with van der Waals surface area (Å²) in [5.74, 6) is 1.60. The predicted octanol–water partition coefficient (Wildman–Crippen LogP) is 4.35. The van der Waals surface area contributed by atoms with Gasteiger partial charge in [0.25, 0.3) is 0 Å². The Morgan fingerprint density at radius 3 is 2.39 bits per heavy atom. The van der Waals surface area contributed by atoms with Crippen molar-refractivity contribution in [2.24, 2.45) is 0 Å². The molecule has 0 unspecified atom stereocenters. The summed E-state index contributed by atoms with van der Waals surface area (Å²) in [4.78, 5) is 14.6. The lowest BCUT2D eigenvalue weighted by Crippen LogP contribution is -2.33. The fourth-order valence-corrected chi connectivity index (χ4v) is 4.15. The van der Waals surface area contributed by atoms with Crippen LogP contribution in [0.15, 0.2) is 65.8 Å². The smallest absolute Gasteiger partial charge is 0.240 e. The predicted molar refractivity (Wildman–Crippen MR) is 113 cm³/mol. The third-order valence-corrected chi connectivity index (χ3v) is 6.04. The monoisotopic (exact) mass is 392 g/mol. The van der Waals surface area contributed by atoms with E-state index >= 15 is 0 Å². The van der Waals surface area contributed by atoms with Gasteiger partial charge in [0.2, 0.25) is 5.91 Å².